The van der Waals surface area contributed by atoms with Crippen LogP contribution in [0, 0.1) is 11.3 Å². The van der Waals surface area contributed by atoms with Crippen LogP contribution in [0.3, 0.4) is 0 Å². The number of nitrogens with zero attached hydrogens (tertiary/aromatic N) is 3. The summed E-state index contributed by atoms with van der Waals surface area (Å²) in [6, 6.07) is 5.03. The largest absolute Gasteiger partial charge is 0.476 e. The Kier molecular flexibility index (Phi) is 5.59. The van der Waals surface area contributed by atoms with Gasteiger partial charge in [-0.2, -0.15) is 5.26 Å². The molecule has 0 radical (unpaired) electrons. The number of rotatable bonds is 3. The Morgan fingerprint density at radius 1 is 1.33 bits per heavy atom. The minimum atomic E-state index is -0.486. The number of carbonyl (C=O) groups excluding carboxylic acids is 2. The maximum absolute atomic E-state index is 12.3. The molecule has 0 aromatic heterocycles. The van der Waals surface area contributed by atoms with Crippen molar-refractivity contribution >= 4 is 62.8 Å². The molecular weight excluding hydrogens is 418 g/mol. The number of nitriles is 1. The average molecular weight is 429 g/mol. The minimum absolute atomic E-state index is 0.0257. The zero-order valence-corrected chi connectivity index (χ0v) is 15.8. The van der Waals surface area contributed by atoms with Crippen molar-refractivity contribution in [2.75, 3.05) is 20.7 Å². The molecule has 2 rings (SSSR count). The van der Waals surface area contributed by atoms with Crippen LogP contribution in [0.4, 0.5) is 0 Å². The first-order chi connectivity index (χ1) is 11.3. The van der Waals surface area contributed by atoms with E-state index in [1.807, 2.05) is 6.07 Å². The van der Waals surface area contributed by atoms with Crippen molar-refractivity contribution in [3.8, 4) is 11.8 Å². The van der Waals surface area contributed by atoms with Gasteiger partial charge in [0.15, 0.2) is 17.5 Å². The molecule has 0 unspecified atom stereocenters. The van der Waals surface area contributed by atoms with Gasteiger partial charge in [-0.25, -0.2) is 0 Å². The molecule has 24 heavy (non-hydrogen) atoms. The Labute approximate surface area is 157 Å². The fraction of sp³-hybridized carbons (Fsp3) is 0.200. The summed E-state index contributed by atoms with van der Waals surface area (Å²) in [6.45, 7) is -0.150. The molecule has 1 aliphatic heterocycles. The van der Waals surface area contributed by atoms with Gasteiger partial charge in [0.2, 0.25) is 0 Å². The number of thiocarbonyl (C=S) groups is 1. The standard InChI is InChI=1S/C15H11BrClN3O3S/c1-19-13(21)9(14(22)20(2)15(19)24)5-8-6-10(16)12(11(17)7-8)23-4-3-18/h5-7H,4H2,1-2H3. The Bertz CT molecular complexity index is 770. The number of ether oxygens (including phenoxy) is 1. The van der Waals surface area contributed by atoms with Crippen LogP contribution in [0.1, 0.15) is 5.56 Å². The van der Waals surface area contributed by atoms with E-state index in [4.69, 9.17) is 33.8 Å². The maximum Gasteiger partial charge on any atom is 0.265 e. The van der Waals surface area contributed by atoms with Gasteiger partial charge < -0.3 is 4.74 Å². The van der Waals surface area contributed by atoms with E-state index in [1.54, 1.807) is 12.1 Å². The number of benzene rings is 1. The van der Waals surface area contributed by atoms with Gasteiger partial charge in [0.25, 0.3) is 11.8 Å². The quantitative estimate of drug-likeness (QED) is 0.420. The summed E-state index contributed by atoms with van der Waals surface area (Å²) in [4.78, 5) is 27.0. The van der Waals surface area contributed by atoms with E-state index in [0.717, 1.165) is 0 Å². The fourth-order valence-corrected chi connectivity index (χ4v) is 3.20. The highest BCUT2D eigenvalue weighted by molar-refractivity contribution is 9.10. The average Bonchev–Trinajstić information content (AvgIpc) is 2.54. The zero-order chi connectivity index (χ0) is 18.0. The first kappa shape index (κ1) is 18.4. The van der Waals surface area contributed by atoms with Crippen LogP contribution in [0.15, 0.2) is 22.2 Å². The Balaban J connectivity index is 2.44. The SMILES string of the molecule is CN1C(=O)C(=Cc2cc(Cl)c(OCC#N)c(Br)c2)C(=O)N(C)C1=S. The van der Waals surface area contributed by atoms with Crippen LogP contribution in [0.5, 0.6) is 5.75 Å². The number of hydrogen-bond donors (Lipinski definition) is 0. The van der Waals surface area contributed by atoms with Crippen molar-refractivity contribution in [3.05, 3.63) is 32.8 Å². The van der Waals surface area contributed by atoms with Crippen LogP contribution in [0.25, 0.3) is 6.08 Å². The van der Waals surface area contributed by atoms with Crippen LogP contribution < -0.4 is 4.74 Å². The topological polar surface area (TPSA) is 73.6 Å². The lowest BCUT2D eigenvalue weighted by molar-refractivity contribution is -0.132. The monoisotopic (exact) mass is 427 g/mol. The lowest BCUT2D eigenvalue weighted by atomic mass is 10.1. The Morgan fingerprint density at radius 3 is 2.42 bits per heavy atom. The first-order valence-electron chi connectivity index (χ1n) is 6.58. The third-order valence-corrected chi connectivity index (χ3v) is 4.67. The minimum Gasteiger partial charge on any atom is -0.476 e. The predicted molar refractivity (Wildman–Crippen MR) is 96.4 cm³/mol. The normalized spacial score (nSPS) is 14.8. The zero-order valence-electron chi connectivity index (χ0n) is 12.7. The summed E-state index contributed by atoms with van der Waals surface area (Å²) in [7, 11) is 3.01. The molecule has 1 aromatic carbocycles. The molecule has 124 valence electrons. The third kappa shape index (κ3) is 3.43. The van der Waals surface area contributed by atoms with Crippen molar-refractivity contribution in [2.45, 2.75) is 0 Å². The molecule has 0 saturated carbocycles. The van der Waals surface area contributed by atoms with Crippen molar-refractivity contribution in [1.82, 2.24) is 9.80 Å². The molecule has 1 saturated heterocycles. The fourth-order valence-electron chi connectivity index (χ4n) is 2.05. The number of carbonyl (C=O) groups is 2. The summed E-state index contributed by atoms with van der Waals surface area (Å²) in [6.07, 6.45) is 1.43. The first-order valence-corrected chi connectivity index (χ1v) is 8.16. The van der Waals surface area contributed by atoms with E-state index >= 15 is 0 Å². The Hall–Kier alpha value is -1.95. The predicted octanol–water partition coefficient (Wildman–Crippen LogP) is 2.60. The van der Waals surface area contributed by atoms with Gasteiger partial charge in [0.1, 0.15) is 11.6 Å². The van der Waals surface area contributed by atoms with Gasteiger partial charge in [-0.05, 0) is 51.9 Å². The van der Waals surface area contributed by atoms with Crippen molar-refractivity contribution in [3.63, 3.8) is 0 Å². The number of amides is 2. The van der Waals surface area contributed by atoms with Crippen molar-refractivity contribution in [1.29, 1.82) is 5.26 Å². The molecule has 0 N–H and O–H groups in total. The highest BCUT2D eigenvalue weighted by Crippen LogP contribution is 2.35. The summed E-state index contributed by atoms with van der Waals surface area (Å²) in [5.74, 6) is -0.655. The van der Waals surface area contributed by atoms with Crippen LogP contribution in [0.2, 0.25) is 5.02 Å². The molecule has 1 aromatic rings. The maximum atomic E-state index is 12.3. The van der Waals surface area contributed by atoms with Crippen molar-refractivity contribution in [2.24, 2.45) is 0 Å². The Morgan fingerprint density at radius 2 is 1.92 bits per heavy atom. The number of hydrogen-bond acceptors (Lipinski definition) is 5. The third-order valence-electron chi connectivity index (χ3n) is 3.26. The molecule has 0 spiro atoms. The summed E-state index contributed by atoms with van der Waals surface area (Å²) < 4.78 is 5.73. The highest BCUT2D eigenvalue weighted by Gasteiger charge is 2.35. The van der Waals surface area contributed by atoms with E-state index < -0.39 is 11.8 Å². The molecular formula is C15H11BrClN3O3S. The lowest BCUT2D eigenvalue weighted by Crippen LogP contribution is -2.52. The van der Waals surface area contributed by atoms with E-state index in [0.29, 0.717) is 15.8 Å². The van der Waals surface area contributed by atoms with Crippen LogP contribution in [-0.4, -0.2) is 47.4 Å². The van der Waals surface area contributed by atoms with Crippen LogP contribution in [-0.2, 0) is 9.59 Å². The van der Waals surface area contributed by atoms with Gasteiger partial charge in [-0.3, -0.25) is 19.4 Å². The summed E-state index contributed by atoms with van der Waals surface area (Å²) >= 11 is 14.5. The second kappa shape index (κ2) is 7.30. The van der Waals surface area contributed by atoms with Crippen LogP contribution >= 0.6 is 39.7 Å². The molecule has 0 aliphatic carbocycles. The van der Waals surface area contributed by atoms with Crippen molar-refractivity contribution < 1.29 is 14.3 Å². The van der Waals surface area contributed by atoms with Gasteiger partial charge in [-0.1, -0.05) is 11.6 Å². The van der Waals surface area contributed by atoms with E-state index in [1.165, 1.54) is 30.0 Å². The molecule has 1 aliphatic rings. The molecule has 6 nitrogen and oxygen atoms in total. The molecule has 1 fully saturated rings. The van der Waals surface area contributed by atoms with Gasteiger partial charge in [0.05, 0.1) is 9.50 Å². The molecule has 2 amide bonds. The molecule has 9 heteroatoms. The highest BCUT2D eigenvalue weighted by atomic mass is 79.9. The van der Waals surface area contributed by atoms with E-state index in [9.17, 15) is 9.59 Å². The van der Waals surface area contributed by atoms with Gasteiger partial charge in [-0.15, -0.1) is 0 Å². The summed E-state index contributed by atoms with van der Waals surface area (Å²) in [5.41, 5.74) is 0.504. The van der Waals surface area contributed by atoms with E-state index in [-0.39, 0.29) is 22.3 Å². The number of halogens is 2. The van der Waals surface area contributed by atoms with E-state index in [2.05, 4.69) is 15.9 Å². The van der Waals surface area contributed by atoms with Gasteiger partial charge >= 0.3 is 0 Å². The summed E-state index contributed by atoms with van der Waals surface area (Å²) in [5, 5.41) is 8.96. The molecule has 0 bridgehead atoms. The lowest BCUT2D eigenvalue weighted by Gasteiger charge is -2.31. The second-order valence-corrected chi connectivity index (χ2v) is 6.46. The molecule has 1 heterocycles. The molecule has 0 atom stereocenters. The van der Waals surface area contributed by atoms with Gasteiger partial charge in [0, 0.05) is 14.1 Å². The second-order valence-electron chi connectivity index (χ2n) is 4.83. The number of likely N-dealkylation sites (N-methyl/N-ethyl adjacent to an activating group) is 2. The smallest absolute Gasteiger partial charge is 0.265 e.